The summed E-state index contributed by atoms with van der Waals surface area (Å²) in [7, 11) is 1.13. The highest BCUT2D eigenvalue weighted by molar-refractivity contribution is 5.85. The van der Waals surface area contributed by atoms with Gasteiger partial charge in [0.25, 0.3) is 5.92 Å². The summed E-state index contributed by atoms with van der Waals surface area (Å²) < 4.78 is 72.1. The quantitative estimate of drug-likeness (QED) is 0.759. The number of aliphatic hydroxyl groups excluding tert-OH is 1. The van der Waals surface area contributed by atoms with Crippen LogP contribution in [0.4, 0.5) is 22.0 Å². The van der Waals surface area contributed by atoms with Crippen molar-refractivity contribution in [3.8, 4) is 5.75 Å². The fraction of sp³-hybridized carbons (Fsp3) is 0.600. The van der Waals surface area contributed by atoms with Gasteiger partial charge in [-0.2, -0.15) is 13.2 Å². The van der Waals surface area contributed by atoms with Crippen molar-refractivity contribution < 1.29 is 31.8 Å². The second-order valence-corrected chi connectivity index (χ2v) is 5.56. The van der Waals surface area contributed by atoms with Crippen molar-refractivity contribution in [1.29, 1.82) is 0 Å². The molecule has 0 unspecified atom stereocenters. The van der Waals surface area contributed by atoms with E-state index < -0.39 is 30.3 Å². The van der Waals surface area contributed by atoms with Crippen LogP contribution in [0.2, 0.25) is 0 Å². The SMILES string of the molecule is COc1cc(C(F)(F)F)ccc1[C@H](N1CCNCC1)C(F)(F)CO.Cl. The Morgan fingerprint density at radius 3 is 2.28 bits per heavy atom. The maximum absolute atomic E-state index is 14.3. The second kappa shape index (κ2) is 8.48. The number of nitrogens with one attached hydrogen (secondary N) is 1. The Balaban J connectivity index is 0.00000312. The van der Waals surface area contributed by atoms with Gasteiger partial charge < -0.3 is 15.2 Å². The van der Waals surface area contributed by atoms with Crippen LogP contribution in [0.25, 0.3) is 0 Å². The van der Waals surface area contributed by atoms with Crippen molar-refractivity contribution in [2.24, 2.45) is 0 Å². The topological polar surface area (TPSA) is 44.7 Å². The smallest absolute Gasteiger partial charge is 0.416 e. The monoisotopic (exact) mass is 390 g/mol. The van der Waals surface area contributed by atoms with Gasteiger partial charge in [-0.15, -0.1) is 12.4 Å². The molecule has 0 radical (unpaired) electrons. The van der Waals surface area contributed by atoms with Gasteiger partial charge in [0, 0.05) is 31.7 Å². The van der Waals surface area contributed by atoms with E-state index in [9.17, 15) is 22.0 Å². The van der Waals surface area contributed by atoms with Crippen molar-refractivity contribution in [2.75, 3.05) is 39.9 Å². The molecule has 1 fully saturated rings. The molecule has 2 N–H and O–H groups in total. The highest BCUT2D eigenvalue weighted by Crippen LogP contribution is 2.42. The van der Waals surface area contributed by atoms with E-state index in [0.29, 0.717) is 19.2 Å². The molecule has 0 aliphatic carbocycles. The summed E-state index contributed by atoms with van der Waals surface area (Å²) in [6.45, 7) is 0.0998. The zero-order valence-corrected chi connectivity index (χ0v) is 14.3. The molecular weight excluding hydrogens is 371 g/mol. The maximum Gasteiger partial charge on any atom is 0.416 e. The Bertz CT molecular complexity index is 565. The van der Waals surface area contributed by atoms with Gasteiger partial charge in [-0.1, -0.05) is 6.07 Å². The van der Waals surface area contributed by atoms with Crippen LogP contribution in [0.5, 0.6) is 5.75 Å². The standard InChI is InChI=1S/C15H19F5N2O2.ClH/c1-24-12-8-10(15(18,19)20)2-3-11(12)13(14(16,17)9-23)22-6-4-21-5-7-22;/h2-3,8,13,21,23H,4-7,9H2,1H3;1H/t13-;/m0./s1. The normalized spacial score (nSPS) is 17.7. The summed E-state index contributed by atoms with van der Waals surface area (Å²) in [6.07, 6.45) is -4.60. The molecule has 0 saturated carbocycles. The average Bonchev–Trinajstić information content (AvgIpc) is 2.55. The zero-order chi connectivity index (χ0) is 18.0. The molecule has 1 heterocycles. The first-order chi connectivity index (χ1) is 11.2. The molecule has 10 heteroatoms. The number of aliphatic hydroxyl groups is 1. The molecule has 0 amide bonds. The summed E-state index contributed by atoms with van der Waals surface area (Å²) in [4.78, 5) is 1.44. The molecule has 1 saturated heterocycles. The highest BCUT2D eigenvalue weighted by atomic mass is 35.5. The minimum atomic E-state index is -4.60. The van der Waals surface area contributed by atoms with E-state index in [1.807, 2.05) is 0 Å². The molecule has 1 aliphatic heterocycles. The number of methoxy groups -OCH3 is 1. The third-order valence-corrected chi connectivity index (χ3v) is 3.98. The number of benzene rings is 1. The van der Waals surface area contributed by atoms with Crippen LogP contribution in [-0.2, 0) is 6.18 Å². The largest absolute Gasteiger partial charge is 0.496 e. The fourth-order valence-electron chi connectivity index (χ4n) is 2.83. The Kier molecular flexibility index (Phi) is 7.42. The predicted octanol–water partition coefficient (Wildman–Crippen LogP) is 2.71. The zero-order valence-electron chi connectivity index (χ0n) is 13.4. The van der Waals surface area contributed by atoms with Gasteiger partial charge in [-0.05, 0) is 12.1 Å². The van der Waals surface area contributed by atoms with Crippen LogP contribution >= 0.6 is 12.4 Å². The maximum atomic E-state index is 14.3. The second-order valence-electron chi connectivity index (χ2n) is 5.56. The lowest BCUT2D eigenvalue weighted by Gasteiger charge is -2.39. The van der Waals surface area contributed by atoms with Crippen molar-refractivity contribution in [3.63, 3.8) is 0 Å². The molecule has 0 spiro atoms. The van der Waals surface area contributed by atoms with Crippen molar-refractivity contribution in [3.05, 3.63) is 29.3 Å². The van der Waals surface area contributed by atoms with Crippen molar-refractivity contribution >= 4 is 12.4 Å². The van der Waals surface area contributed by atoms with E-state index in [1.165, 1.54) is 4.90 Å². The van der Waals surface area contributed by atoms with Gasteiger partial charge in [-0.25, -0.2) is 8.78 Å². The third kappa shape index (κ3) is 4.93. The molecule has 1 aliphatic rings. The van der Waals surface area contributed by atoms with Crippen LogP contribution in [0.1, 0.15) is 17.2 Å². The van der Waals surface area contributed by atoms with Gasteiger partial charge in [0.15, 0.2) is 0 Å². The van der Waals surface area contributed by atoms with Gasteiger partial charge in [-0.3, -0.25) is 4.90 Å². The van der Waals surface area contributed by atoms with Gasteiger partial charge in [0.2, 0.25) is 0 Å². The molecular formula is C15H20ClF5N2O2. The molecule has 1 atom stereocenters. The van der Waals surface area contributed by atoms with Gasteiger partial charge in [0.1, 0.15) is 18.4 Å². The van der Waals surface area contributed by atoms with E-state index in [-0.39, 0.29) is 36.8 Å². The number of piperazine rings is 1. The number of hydrogen-bond donors (Lipinski definition) is 2. The van der Waals surface area contributed by atoms with Crippen LogP contribution < -0.4 is 10.1 Å². The van der Waals surface area contributed by atoms with Crippen LogP contribution in [0.3, 0.4) is 0 Å². The first-order valence-corrected chi connectivity index (χ1v) is 7.39. The summed E-state index contributed by atoms with van der Waals surface area (Å²) in [5.74, 6) is -3.80. The van der Waals surface area contributed by atoms with E-state index in [0.717, 1.165) is 19.2 Å². The van der Waals surface area contributed by atoms with E-state index in [4.69, 9.17) is 9.84 Å². The number of alkyl halides is 5. The lowest BCUT2D eigenvalue weighted by molar-refractivity contribution is -0.137. The van der Waals surface area contributed by atoms with Crippen molar-refractivity contribution in [2.45, 2.75) is 18.1 Å². The Morgan fingerprint density at radius 2 is 1.80 bits per heavy atom. The number of halogens is 6. The van der Waals surface area contributed by atoms with E-state index in [1.54, 1.807) is 0 Å². The Hall–Kier alpha value is -1.16. The third-order valence-electron chi connectivity index (χ3n) is 3.98. The lowest BCUT2D eigenvalue weighted by Crippen LogP contribution is -2.51. The summed E-state index contributed by atoms with van der Waals surface area (Å²) in [5.41, 5.74) is -1.05. The highest BCUT2D eigenvalue weighted by Gasteiger charge is 2.45. The van der Waals surface area contributed by atoms with Crippen LogP contribution in [0.15, 0.2) is 18.2 Å². The van der Waals surface area contributed by atoms with Gasteiger partial charge in [0.05, 0.1) is 12.7 Å². The number of ether oxygens (including phenoxy) is 1. The van der Waals surface area contributed by atoms with E-state index >= 15 is 0 Å². The predicted molar refractivity (Wildman–Crippen MR) is 84.5 cm³/mol. The Morgan fingerprint density at radius 1 is 1.20 bits per heavy atom. The molecule has 1 aromatic rings. The summed E-state index contributed by atoms with van der Waals surface area (Å²) in [5, 5.41) is 12.1. The summed E-state index contributed by atoms with van der Waals surface area (Å²) in [6, 6.07) is 0.887. The molecule has 1 aromatic carbocycles. The average molecular weight is 391 g/mol. The molecule has 4 nitrogen and oxygen atoms in total. The van der Waals surface area contributed by atoms with E-state index in [2.05, 4.69) is 5.32 Å². The fourth-order valence-corrected chi connectivity index (χ4v) is 2.83. The first kappa shape index (κ1) is 21.9. The lowest BCUT2D eigenvalue weighted by atomic mass is 9.96. The number of rotatable bonds is 5. The van der Waals surface area contributed by atoms with Crippen LogP contribution in [0, 0.1) is 0 Å². The number of hydrogen-bond acceptors (Lipinski definition) is 4. The molecule has 144 valence electrons. The van der Waals surface area contributed by atoms with Crippen LogP contribution in [-0.4, -0.2) is 55.8 Å². The Labute approximate surface area is 148 Å². The summed E-state index contributed by atoms with van der Waals surface area (Å²) >= 11 is 0. The molecule has 0 bridgehead atoms. The minimum Gasteiger partial charge on any atom is -0.496 e. The first-order valence-electron chi connectivity index (χ1n) is 7.39. The molecule has 2 rings (SSSR count). The van der Waals surface area contributed by atoms with Gasteiger partial charge >= 0.3 is 6.18 Å². The van der Waals surface area contributed by atoms with Crippen molar-refractivity contribution in [1.82, 2.24) is 10.2 Å². The molecule has 25 heavy (non-hydrogen) atoms. The minimum absolute atomic E-state index is 0. The number of nitrogens with zero attached hydrogens (tertiary/aromatic N) is 1. The molecule has 0 aromatic heterocycles.